The third-order valence-electron chi connectivity index (χ3n) is 2.10. The summed E-state index contributed by atoms with van der Waals surface area (Å²) in [5.41, 5.74) is 7.42. The van der Waals surface area contributed by atoms with Crippen LogP contribution >= 0.6 is 0 Å². The van der Waals surface area contributed by atoms with E-state index in [9.17, 15) is 4.79 Å². The molecule has 0 amide bonds. The summed E-state index contributed by atoms with van der Waals surface area (Å²) in [7, 11) is 0. The van der Waals surface area contributed by atoms with Crippen molar-refractivity contribution in [1.82, 2.24) is 10.1 Å². The van der Waals surface area contributed by atoms with Crippen LogP contribution in [0.5, 0.6) is 0 Å². The molecular formula is C10H11N3O2. The van der Waals surface area contributed by atoms with Gasteiger partial charge in [-0.2, -0.15) is 0 Å². The van der Waals surface area contributed by atoms with Gasteiger partial charge < -0.3 is 5.73 Å². The summed E-state index contributed by atoms with van der Waals surface area (Å²) in [5.74, 6) is -0.102. The van der Waals surface area contributed by atoms with Crippen LogP contribution in [0.3, 0.4) is 0 Å². The predicted octanol–water partition coefficient (Wildman–Crippen LogP) is 0.531. The van der Waals surface area contributed by atoms with Gasteiger partial charge >= 0.3 is 5.76 Å². The minimum absolute atomic E-state index is 0.444. The molecule has 78 valence electrons. The Labute approximate surface area is 85.9 Å². The first kappa shape index (κ1) is 9.67. The van der Waals surface area contributed by atoms with E-state index in [4.69, 9.17) is 5.73 Å². The minimum Gasteiger partial charge on any atom is -0.330 e. The van der Waals surface area contributed by atoms with Crippen LogP contribution in [0.4, 0.5) is 0 Å². The Balaban J connectivity index is 2.27. The molecule has 0 saturated carbocycles. The van der Waals surface area contributed by atoms with Gasteiger partial charge in [0.15, 0.2) is 5.82 Å². The molecule has 15 heavy (non-hydrogen) atoms. The third kappa shape index (κ3) is 2.13. The highest BCUT2D eigenvalue weighted by atomic mass is 16.5. The molecule has 0 unspecified atom stereocenters. The molecule has 0 bridgehead atoms. The fraction of sp³-hybridized carbons (Fsp3) is 0.200. The lowest BCUT2D eigenvalue weighted by atomic mass is 10.1. The summed E-state index contributed by atoms with van der Waals surface area (Å²) in [6.45, 7) is 0.625. The van der Waals surface area contributed by atoms with Gasteiger partial charge in [-0.1, -0.05) is 29.4 Å². The molecule has 1 aromatic carbocycles. The van der Waals surface area contributed by atoms with Crippen LogP contribution in [0.15, 0.2) is 33.6 Å². The standard InChI is InChI=1S/C10H11N3O2/c11-6-5-7-1-3-8(4-2-7)9-12-10(14)15-13-9/h1-4H,5-6,11H2,(H,12,13,14). The summed E-state index contributed by atoms with van der Waals surface area (Å²) in [6, 6.07) is 7.65. The molecule has 0 aliphatic carbocycles. The Kier molecular flexibility index (Phi) is 2.64. The molecule has 5 nitrogen and oxygen atoms in total. The number of nitrogens with one attached hydrogen (secondary N) is 1. The van der Waals surface area contributed by atoms with Gasteiger partial charge in [-0.25, -0.2) is 4.79 Å². The maximum atomic E-state index is 10.7. The van der Waals surface area contributed by atoms with Crippen molar-refractivity contribution < 1.29 is 4.52 Å². The van der Waals surface area contributed by atoms with E-state index < -0.39 is 5.76 Å². The average molecular weight is 205 g/mol. The highest BCUT2D eigenvalue weighted by Gasteiger charge is 2.03. The van der Waals surface area contributed by atoms with Crippen molar-refractivity contribution in [3.63, 3.8) is 0 Å². The largest absolute Gasteiger partial charge is 0.439 e. The number of aromatic nitrogens is 2. The molecular weight excluding hydrogens is 194 g/mol. The van der Waals surface area contributed by atoms with Gasteiger partial charge in [0.05, 0.1) is 0 Å². The fourth-order valence-corrected chi connectivity index (χ4v) is 1.35. The van der Waals surface area contributed by atoms with E-state index in [1.807, 2.05) is 24.3 Å². The summed E-state index contributed by atoms with van der Waals surface area (Å²) in [6.07, 6.45) is 0.843. The highest BCUT2D eigenvalue weighted by Crippen LogP contribution is 2.14. The highest BCUT2D eigenvalue weighted by molar-refractivity contribution is 5.54. The van der Waals surface area contributed by atoms with Crippen LogP contribution in [0.2, 0.25) is 0 Å². The second-order valence-corrected chi connectivity index (χ2v) is 3.18. The van der Waals surface area contributed by atoms with E-state index in [0.29, 0.717) is 12.4 Å². The molecule has 2 aromatic rings. The Bertz CT molecular complexity index is 484. The first-order chi connectivity index (χ1) is 7.29. The second kappa shape index (κ2) is 4.10. The number of nitrogens with zero attached hydrogens (tertiary/aromatic N) is 1. The van der Waals surface area contributed by atoms with Crippen molar-refractivity contribution in [3.8, 4) is 11.4 Å². The smallest absolute Gasteiger partial charge is 0.330 e. The number of hydrogen-bond donors (Lipinski definition) is 2. The molecule has 0 atom stereocenters. The van der Waals surface area contributed by atoms with E-state index in [1.54, 1.807) is 0 Å². The van der Waals surface area contributed by atoms with Crippen LogP contribution in [-0.2, 0) is 6.42 Å². The van der Waals surface area contributed by atoms with Crippen molar-refractivity contribution >= 4 is 0 Å². The summed E-state index contributed by atoms with van der Waals surface area (Å²) in [5, 5.41) is 3.59. The van der Waals surface area contributed by atoms with Crippen LogP contribution in [-0.4, -0.2) is 16.7 Å². The average Bonchev–Trinajstić information content (AvgIpc) is 2.67. The van der Waals surface area contributed by atoms with E-state index in [2.05, 4.69) is 14.7 Å². The zero-order valence-electron chi connectivity index (χ0n) is 8.06. The minimum atomic E-state index is -0.545. The lowest BCUT2D eigenvalue weighted by molar-refractivity contribution is 0.388. The first-order valence-electron chi connectivity index (χ1n) is 4.65. The molecule has 0 radical (unpaired) electrons. The third-order valence-corrected chi connectivity index (χ3v) is 2.10. The van der Waals surface area contributed by atoms with Gasteiger partial charge in [-0.15, -0.1) is 0 Å². The van der Waals surface area contributed by atoms with Crippen LogP contribution in [0.25, 0.3) is 11.4 Å². The van der Waals surface area contributed by atoms with Crippen molar-refractivity contribution in [3.05, 3.63) is 40.4 Å². The zero-order valence-corrected chi connectivity index (χ0v) is 8.06. The van der Waals surface area contributed by atoms with E-state index in [1.165, 1.54) is 0 Å². The van der Waals surface area contributed by atoms with Gasteiger partial charge in [0, 0.05) is 5.56 Å². The number of aromatic amines is 1. The van der Waals surface area contributed by atoms with Crippen LogP contribution in [0.1, 0.15) is 5.56 Å². The quantitative estimate of drug-likeness (QED) is 0.765. The first-order valence-corrected chi connectivity index (χ1v) is 4.65. The Morgan fingerprint density at radius 3 is 2.60 bits per heavy atom. The second-order valence-electron chi connectivity index (χ2n) is 3.18. The lowest BCUT2D eigenvalue weighted by Gasteiger charge is -1.99. The van der Waals surface area contributed by atoms with Gasteiger partial charge in [0.25, 0.3) is 0 Å². The van der Waals surface area contributed by atoms with Crippen LogP contribution in [0, 0.1) is 0 Å². The van der Waals surface area contributed by atoms with Crippen molar-refractivity contribution in [1.29, 1.82) is 0 Å². The number of benzene rings is 1. The molecule has 0 saturated heterocycles. The molecule has 0 fully saturated rings. The maximum Gasteiger partial charge on any atom is 0.439 e. The SMILES string of the molecule is NCCc1ccc(-c2noc(=O)[nH]2)cc1. The predicted molar refractivity (Wildman–Crippen MR) is 55.3 cm³/mol. The van der Waals surface area contributed by atoms with Gasteiger partial charge in [0.2, 0.25) is 0 Å². The molecule has 3 N–H and O–H groups in total. The Morgan fingerprint density at radius 1 is 1.33 bits per heavy atom. The molecule has 0 aliphatic rings. The Morgan fingerprint density at radius 2 is 2.07 bits per heavy atom. The zero-order chi connectivity index (χ0) is 10.7. The van der Waals surface area contributed by atoms with Gasteiger partial charge in [-0.3, -0.25) is 9.51 Å². The van der Waals surface area contributed by atoms with Crippen molar-refractivity contribution in [2.75, 3.05) is 6.54 Å². The van der Waals surface area contributed by atoms with Crippen LogP contribution < -0.4 is 11.5 Å². The fourth-order valence-electron chi connectivity index (χ4n) is 1.35. The topological polar surface area (TPSA) is 84.9 Å². The van der Waals surface area contributed by atoms with Crippen molar-refractivity contribution in [2.45, 2.75) is 6.42 Å². The van der Waals surface area contributed by atoms with E-state index in [-0.39, 0.29) is 0 Å². The summed E-state index contributed by atoms with van der Waals surface area (Å²) in [4.78, 5) is 13.2. The number of hydrogen-bond acceptors (Lipinski definition) is 4. The van der Waals surface area contributed by atoms with Crippen molar-refractivity contribution in [2.24, 2.45) is 5.73 Å². The van der Waals surface area contributed by atoms with Gasteiger partial charge in [0.1, 0.15) is 0 Å². The summed E-state index contributed by atoms with van der Waals surface area (Å²) < 4.78 is 4.42. The van der Waals surface area contributed by atoms with E-state index in [0.717, 1.165) is 17.5 Å². The number of H-pyrrole nitrogens is 1. The number of nitrogens with two attached hydrogens (primary N) is 1. The molecule has 2 rings (SSSR count). The molecule has 1 heterocycles. The summed E-state index contributed by atoms with van der Waals surface area (Å²) >= 11 is 0. The molecule has 0 spiro atoms. The molecule has 0 aliphatic heterocycles. The lowest BCUT2D eigenvalue weighted by Crippen LogP contribution is -2.02. The monoisotopic (exact) mass is 205 g/mol. The number of rotatable bonds is 3. The van der Waals surface area contributed by atoms with E-state index >= 15 is 0 Å². The molecule has 1 aromatic heterocycles. The normalized spacial score (nSPS) is 10.5. The molecule has 5 heteroatoms. The Hall–Kier alpha value is -1.88. The maximum absolute atomic E-state index is 10.7. The van der Waals surface area contributed by atoms with Gasteiger partial charge in [-0.05, 0) is 18.5 Å².